The molecule has 0 bridgehead atoms. The summed E-state index contributed by atoms with van der Waals surface area (Å²) in [6, 6.07) is 25.9. The van der Waals surface area contributed by atoms with Crippen molar-refractivity contribution in [3.8, 4) is 23.0 Å². The summed E-state index contributed by atoms with van der Waals surface area (Å²) in [7, 11) is 0. The minimum Gasteiger partial charge on any atom is -0.545 e. The molecule has 0 radical (unpaired) electrons. The van der Waals surface area contributed by atoms with Crippen LogP contribution in [0.3, 0.4) is 0 Å². The Bertz CT molecular complexity index is 1550. The van der Waals surface area contributed by atoms with Gasteiger partial charge in [-0.15, -0.1) is 0 Å². The maximum absolute atomic E-state index is 12.9. The van der Waals surface area contributed by atoms with Gasteiger partial charge in [-0.25, -0.2) is 0 Å². The van der Waals surface area contributed by atoms with Gasteiger partial charge in [-0.3, -0.25) is 4.79 Å². The zero-order valence-electron chi connectivity index (χ0n) is 22.2. The molecular formula is C31H24Cl2NNaO6. The molecule has 1 unspecified atom stereocenters. The molecule has 4 aromatic rings. The Balaban J connectivity index is 0.00000387. The van der Waals surface area contributed by atoms with Crippen LogP contribution in [0.2, 0.25) is 10.0 Å². The number of carbonyl (C=O) groups excluding carboxylic acids is 2. The summed E-state index contributed by atoms with van der Waals surface area (Å²) < 4.78 is 17.6. The van der Waals surface area contributed by atoms with Crippen molar-refractivity contribution >= 4 is 35.1 Å². The first-order valence-corrected chi connectivity index (χ1v) is 13.3. The van der Waals surface area contributed by atoms with E-state index in [1.165, 1.54) is 18.2 Å². The van der Waals surface area contributed by atoms with Crippen LogP contribution in [-0.2, 0) is 16.8 Å². The molecule has 4 aromatic carbocycles. The normalized spacial score (nSPS) is 15.5. The molecule has 1 heterocycles. The number of hydrogen-bond donors (Lipinski definition) is 1. The Morgan fingerprint density at radius 1 is 0.927 bits per heavy atom. The van der Waals surface area contributed by atoms with E-state index >= 15 is 0 Å². The summed E-state index contributed by atoms with van der Waals surface area (Å²) in [5.74, 6) is 0.0507. The number of nitrogens with one attached hydrogen (secondary N) is 1. The number of halogens is 2. The van der Waals surface area contributed by atoms with Gasteiger partial charge < -0.3 is 29.4 Å². The van der Waals surface area contributed by atoms with Crippen LogP contribution in [0.1, 0.15) is 27.9 Å². The van der Waals surface area contributed by atoms with E-state index in [1.54, 1.807) is 36.4 Å². The summed E-state index contributed by atoms with van der Waals surface area (Å²) in [6.45, 7) is 0.459. The number of benzene rings is 4. The maximum Gasteiger partial charge on any atom is 1.00 e. The minimum atomic E-state index is -1.78. The van der Waals surface area contributed by atoms with E-state index < -0.39 is 11.6 Å². The minimum absolute atomic E-state index is 0. The molecule has 1 aliphatic heterocycles. The van der Waals surface area contributed by atoms with E-state index in [1.807, 2.05) is 36.4 Å². The topological polar surface area (TPSA) is 96.9 Å². The monoisotopic (exact) mass is 599 g/mol. The number of ether oxygens (including phenoxy) is 3. The van der Waals surface area contributed by atoms with Gasteiger partial charge in [-0.05, 0) is 60.5 Å². The Morgan fingerprint density at radius 3 is 2.44 bits per heavy atom. The summed E-state index contributed by atoms with van der Waals surface area (Å²) in [5, 5.41) is 15.8. The standard InChI is InChI=1S/C31H25Cl2NO6.Na/c32-22-12-10-20(28(19-22)39-23-6-2-1-3-7-23)14-16-34-29(35)21-11-13-27(25(33)18-21)40-31(30(36)37)15-17-38-26-9-5-4-8-24(26)31;/h1-13,18-19H,14-17H2,(H,34,35)(H,36,37);/q;+1/p-1. The number of para-hydroxylation sites is 2. The second-order valence-electron chi connectivity index (χ2n) is 9.13. The van der Waals surface area contributed by atoms with Crippen molar-refractivity contribution in [2.24, 2.45) is 0 Å². The van der Waals surface area contributed by atoms with Gasteiger partial charge in [0.2, 0.25) is 0 Å². The van der Waals surface area contributed by atoms with Crippen molar-refractivity contribution in [1.29, 1.82) is 0 Å². The van der Waals surface area contributed by atoms with Gasteiger partial charge in [0.25, 0.3) is 5.91 Å². The SMILES string of the molecule is O=C(NCCc1ccc(Cl)cc1Oc1ccccc1)c1ccc(OC2(C(=O)[O-])CCOc3ccccc32)c(Cl)c1.[Na+]. The van der Waals surface area contributed by atoms with Crippen LogP contribution >= 0.6 is 23.2 Å². The number of rotatable bonds is 9. The van der Waals surface area contributed by atoms with Crippen LogP contribution < -0.4 is 54.2 Å². The molecule has 5 rings (SSSR count). The molecule has 1 N–H and O–H groups in total. The number of amides is 1. The van der Waals surface area contributed by atoms with Crippen molar-refractivity contribution < 1.29 is 58.5 Å². The van der Waals surface area contributed by atoms with Crippen LogP contribution in [0.25, 0.3) is 0 Å². The van der Waals surface area contributed by atoms with Gasteiger partial charge in [0.05, 0.1) is 17.6 Å². The van der Waals surface area contributed by atoms with Crippen molar-refractivity contribution in [2.75, 3.05) is 13.2 Å². The molecule has 0 spiro atoms. The zero-order valence-corrected chi connectivity index (χ0v) is 25.7. The van der Waals surface area contributed by atoms with Gasteiger partial charge in [-0.2, -0.15) is 0 Å². The van der Waals surface area contributed by atoms with E-state index in [4.69, 9.17) is 37.4 Å². The summed E-state index contributed by atoms with van der Waals surface area (Å²) >= 11 is 12.6. The third kappa shape index (κ3) is 7.00. The molecule has 0 fully saturated rings. The van der Waals surface area contributed by atoms with Gasteiger partial charge in [0.1, 0.15) is 23.0 Å². The summed E-state index contributed by atoms with van der Waals surface area (Å²) in [6.07, 6.45) is 0.529. The molecule has 1 atom stereocenters. The van der Waals surface area contributed by atoms with Crippen LogP contribution in [0, 0.1) is 0 Å². The Kier molecular flexibility index (Phi) is 10.2. The Morgan fingerprint density at radius 2 is 1.68 bits per heavy atom. The number of fused-ring (bicyclic) bond motifs is 1. The zero-order chi connectivity index (χ0) is 28.1. The fraction of sp³-hybridized carbons (Fsp3) is 0.161. The summed E-state index contributed by atoms with van der Waals surface area (Å²) in [4.78, 5) is 25.2. The van der Waals surface area contributed by atoms with E-state index in [9.17, 15) is 14.7 Å². The average molecular weight is 600 g/mol. The number of carboxylic acid groups (broad SMARTS) is 1. The predicted molar refractivity (Wildman–Crippen MR) is 149 cm³/mol. The van der Waals surface area contributed by atoms with Crippen molar-refractivity contribution in [3.05, 3.63) is 118 Å². The first-order chi connectivity index (χ1) is 19.4. The van der Waals surface area contributed by atoms with Gasteiger partial charge in [-0.1, -0.05) is 65.7 Å². The van der Waals surface area contributed by atoms with Crippen molar-refractivity contribution in [2.45, 2.75) is 18.4 Å². The quantitative estimate of drug-likeness (QED) is 0.297. The Hall–Kier alpha value is -3.20. The number of hydrogen-bond acceptors (Lipinski definition) is 6. The molecule has 7 nitrogen and oxygen atoms in total. The molecule has 0 aliphatic carbocycles. The van der Waals surface area contributed by atoms with Gasteiger partial charge in [0.15, 0.2) is 5.60 Å². The molecule has 1 aliphatic rings. The van der Waals surface area contributed by atoms with Crippen LogP contribution in [0.5, 0.6) is 23.0 Å². The molecular weight excluding hydrogens is 576 g/mol. The smallest absolute Gasteiger partial charge is 0.545 e. The van der Waals surface area contributed by atoms with E-state index in [2.05, 4.69) is 5.32 Å². The first-order valence-electron chi connectivity index (χ1n) is 12.6. The fourth-order valence-electron chi connectivity index (χ4n) is 4.50. The third-order valence-corrected chi connectivity index (χ3v) is 7.05. The predicted octanol–water partition coefficient (Wildman–Crippen LogP) is 2.57. The Labute approximate surface area is 269 Å². The largest absolute Gasteiger partial charge is 1.00 e. The number of carbonyl (C=O) groups is 2. The fourth-order valence-corrected chi connectivity index (χ4v) is 4.88. The van der Waals surface area contributed by atoms with Gasteiger partial charge in [0, 0.05) is 29.1 Å². The van der Waals surface area contributed by atoms with E-state index in [-0.39, 0.29) is 59.3 Å². The van der Waals surface area contributed by atoms with Gasteiger partial charge >= 0.3 is 29.6 Å². The third-order valence-electron chi connectivity index (χ3n) is 6.52. The van der Waals surface area contributed by atoms with Crippen LogP contribution in [-0.4, -0.2) is 25.0 Å². The first kappa shape index (κ1) is 30.8. The molecule has 0 aromatic heterocycles. The summed E-state index contributed by atoms with van der Waals surface area (Å²) in [5.41, 5.74) is -0.263. The number of carboxylic acids is 1. The molecule has 41 heavy (non-hydrogen) atoms. The number of aliphatic carboxylic acids is 1. The molecule has 1 amide bonds. The molecule has 204 valence electrons. The van der Waals surface area contributed by atoms with Crippen molar-refractivity contribution in [3.63, 3.8) is 0 Å². The molecule has 10 heteroatoms. The molecule has 0 saturated carbocycles. The maximum atomic E-state index is 12.9. The second-order valence-corrected chi connectivity index (χ2v) is 9.97. The molecule has 0 saturated heterocycles. The van der Waals surface area contributed by atoms with E-state index in [0.29, 0.717) is 46.4 Å². The second kappa shape index (κ2) is 13.6. The van der Waals surface area contributed by atoms with Crippen LogP contribution in [0.15, 0.2) is 91.0 Å². The van der Waals surface area contributed by atoms with Crippen molar-refractivity contribution in [1.82, 2.24) is 5.32 Å². The average Bonchev–Trinajstić information content (AvgIpc) is 2.95. The van der Waals surface area contributed by atoms with Crippen LogP contribution in [0.4, 0.5) is 0 Å². The van der Waals surface area contributed by atoms with E-state index in [0.717, 1.165) is 5.56 Å².